The first kappa shape index (κ1) is 16.2. The third kappa shape index (κ3) is 2.46. The average Bonchev–Trinajstić information content (AvgIpc) is 3.29. The lowest BCUT2D eigenvalue weighted by Crippen LogP contribution is -2.29. The number of hydrogen-bond acceptors (Lipinski definition) is 3. The van der Waals surface area contributed by atoms with Crippen LogP contribution >= 0.6 is 15.9 Å². The molecule has 0 radical (unpaired) electrons. The van der Waals surface area contributed by atoms with Crippen molar-refractivity contribution in [1.29, 1.82) is 0 Å². The molecule has 2 aromatic carbocycles. The topological polar surface area (TPSA) is 30.5 Å². The largest absolute Gasteiger partial charge is 0.454 e. The second-order valence-corrected chi connectivity index (χ2v) is 8.56. The Morgan fingerprint density at radius 1 is 1.08 bits per heavy atom. The van der Waals surface area contributed by atoms with Crippen LogP contribution in [0.5, 0.6) is 11.5 Å². The maximum atomic E-state index is 5.62. The molecule has 0 bridgehead atoms. The predicted octanol–water partition coefficient (Wildman–Crippen LogP) is 6.13. The zero-order valence-electron chi connectivity index (χ0n) is 15.0. The van der Waals surface area contributed by atoms with E-state index in [1.807, 2.05) is 6.07 Å². The van der Waals surface area contributed by atoms with Crippen LogP contribution in [-0.2, 0) is 0 Å². The van der Waals surface area contributed by atoms with E-state index >= 15 is 0 Å². The number of ether oxygens (including phenoxy) is 2. The van der Waals surface area contributed by atoms with Gasteiger partial charge in [-0.2, -0.15) is 0 Å². The van der Waals surface area contributed by atoms with E-state index < -0.39 is 0 Å². The molecule has 0 unspecified atom stereocenters. The molecule has 1 N–H and O–H groups in total. The van der Waals surface area contributed by atoms with Crippen molar-refractivity contribution < 1.29 is 9.47 Å². The monoisotopic (exact) mass is 411 g/mol. The van der Waals surface area contributed by atoms with E-state index in [-0.39, 0.29) is 6.04 Å². The van der Waals surface area contributed by atoms with Crippen molar-refractivity contribution in [3.63, 3.8) is 0 Å². The minimum absolute atomic E-state index is 0.247. The van der Waals surface area contributed by atoms with Gasteiger partial charge < -0.3 is 14.8 Å². The van der Waals surface area contributed by atoms with Crippen molar-refractivity contribution in [2.24, 2.45) is 5.92 Å². The molecular formula is C22H22BrNO2. The first-order valence-electron chi connectivity index (χ1n) is 9.28. The molecule has 3 nitrogen and oxygen atoms in total. The van der Waals surface area contributed by atoms with Crippen LogP contribution in [0.15, 0.2) is 47.0 Å². The Hall–Kier alpha value is -1.94. The number of fused-ring (bicyclic) bond motifs is 4. The molecule has 0 aromatic heterocycles. The molecule has 2 aromatic rings. The van der Waals surface area contributed by atoms with Gasteiger partial charge in [-0.3, -0.25) is 0 Å². The van der Waals surface area contributed by atoms with Crippen LogP contribution in [0.2, 0.25) is 0 Å². The Labute approximate surface area is 162 Å². The van der Waals surface area contributed by atoms with E-state index in [0.29, 0.717) is 24.5 Å². The van der Waals surface area contributed by atoms with Crippen LogP contribution in [0, 0.1) is 5.92 Å². The van der Waals surface area contributed by atoms with E-state index in [0.717, 1.165) is 22.4 Å². The van der Waals surface area contributed by atoms with Gasteiger partial charge >= 0.3 is 0 Å². The number of allylic oxidation sites excluding steroid dienone is 2. The van der Waals surface area contributed by atoms with Gasteiger partial charge in [-0.1, -0.05) is 54.1 Å². The lowest BCUT2D eigenvalue weighted by atomic mass is 9.76. The van der Waals surface area contributed by atoms with Crippen LogP contribution in [0.25, 0.3) is 0 Å². The second kappa shape index (κ2) is 6.05. The fourth-order valence-corrected chi connectivity index (χ4v) is 5.02. The van der Waals surface area contributed by atoms with Gasteiger partial charge in [-0.15, -0.1) is 0 Å². The Balaban J connectivity index is 1.58. The van der Waals surface area contributed by atoms with Crippen LogP contribution in [-0.4, -0.2) is 6.79 Å². The van der Waals surface area contributed by atoms with Gasteiger partial charge in [0.05, 0.1) is 6.04 Å². The molecule has 5 rings (SSSR count). The molecule has 0 saturated heterocycles. The molecule has 2 aliphatic heterocycles. The summed E-state index contributed by atoms with van der Waals surface area (Å²) in [5.41, 5.74) is 5.33. The number of halogens is 1. The lowest BCUT2D eigenvalue weighted by molar-refractivity contribution is 0.174. The summed E-state index contributed by atoms with van der Waals surface area (Å²) in [5.74, 6) is 3.19. The molecule has 1 aliphatic carbocycles. The fourth-order valence-electron chi connectivity index (χ4n) is 4.45. The van der Waals surface area contributed by atoms with E-state index in [4.69, 9.17) is 9.47 Å². The van der Waals surface area contributed by atoms with Gasteiger partial charge in [0, 0.05) is 16.1 Å². The van der Waals surface area contributed by atoms with E-state index in [1.54, 1.807) is 0 Å². The highest BCUT2D eigenvalue weighted by Gasteiger charge is 2.39. The molecule has 0 fully saturated rings. The van der Waals surface area contributed by atoms with Gasteiger partial charge in [0.2, 0.25) is 6.79 Å². The minimum Gasteiger partial charge on any atom is -0.454 e. The maximum Gasteiger partial charge on any atom is 0.231 e. The van der Waals surface area contributed by atoms with Gasteiger partial charge in [-0.05, 0) is 53.1 Å². The molecule has 134 valence electrons. The first-order valence-corrected chi connectivity index (χ1v) is 10.1. The summed E-state index contributed by atoms with van der Waals surface area (Å²) in [7, 11) is 0. The lowest BCUT2D eigenvalue weighted by Gasteiger charge is -2.38. The molecule has 3 aliphatic rings. The van der Waals surface area contributed by atoms with Crippen LogP contribution in [0.3, 0.4) is 0 Å². The Kier molecular flexibility index (Phi) is 3.78. The van der Waals surface area contributed by atoms with E-state index in [9.17, 15) is 0 Å². The highest BCUT2D eigenvalue weighted by Crippen LogP contribution is 2.52. The third-order valence-corrected chi connectivity index (χ3v) is 6.57. The second-order valence-electron chi connectivity index (χ2n) is 7.70. The molecule has 0 saturated carbocycles. The summed E-state index contributed by atoms with van der Waals surface area (Å²) in [5, 5.41) is 3.82. The Morgan fingerprint density at radius 2 is 1.88 bits per heavy atom. The molecule has 3 atom stereocenters. The van der Waals surface area contributed by atoms with Crippen LogP contribution < -0.4 is 14.8 Å². The quantitative estimate of drug-likeness (QED) is 0.602. The standard InChI is InChI=1S/C22H22BrNO2/c1-12(2)13-6-7-19-16(8-13)14-4-3-5-15(14)22(24-19)17-9-20-21(10-18(17)23)26-11-25-20/h3-4,6-10,12,14-15,22,24H,5,11H2,1-2H3/t14-,15+,22-/m0/s1. The number of anilines is 1. The fraction of sp³-hybridized carbons (Fsp3) is 0.364. The highest BCUT2D eigenvalue weighted by molar-refractivity contribution is 9.10. The Bertz CT molecular complexity index is 905. The van der Waals surface area contributed by atoms with Crippen molar-refractivity contribution in [3.05, 3.63) is 63.6 Å². The maximum absolute atomic E-state index is 5.62. The SMILES string of the molecule is CC(C)c1ccc2c(c1)[C@H]1C=CC[C@H]1[C@@H](c1cc3c(cc1Br)OCO3)N2. The Morgan fingerprint density at radius 3 is 2.69 bits per heavy atom. The normalized spacial score (nSPS) is 25.2. The summed E-state index contributed by atoms with van der Waals surface area (Å²) in [6.45, 7) is 4.82. The summed E-state index contributed by atoms with van der Waals surface area (Å²) < 4.78 is 12.2. The number of benzene rings is 2. The van der Waals surface area contributed by atoms with E-state index in [2.05, 4.69) is 71.5 Å². The summed E-state index contributed by atoms with van der Waals surface area (Å²) in [6, 6.07) is 11.3. The van der Waals surface area contributed by atoms with Crippen molar-refractivity contribution in [2.75, 3.05) is 12.1 Å². The summed E-state index contributed by atoms with van der Waals surface area (Å²) in [6.07, 6.45) is 5.82. The molecule has 0 spiro atoms. The van der Waals surface area contributed by atoms with Crippen molar-refractivity contribution in [1.82, 2.24) is 0 Å². The smallest absolute Gasteiger partial charge is 0.231 e. The predicted molar refractivity (Wildman–Crippen MR) is 107 cm³/mol. The number of hydrogen-bond donors (Lipinski definition) is 1. The molecule has 0 amide bonds. The van der Waals surface area contributed by atoms with E-state index in [1.165, 1.54) is 22.4 Å². The van der Waals surface area contributed by atoms with Crippen molar-refractivity contribution in [3.8, 4) is 11.5 Å². The van der Waals surface area contributed by atoms with Gasteiger partial charge in [0.1, 0.15) is 0 Å². The third-order valence-electron chi connectivity index (χ3n) is 5.88. The van der Waals surface area contributed by atoms with Crippen molar-refractivity contribution >= 4 is 21.6 Å². The van der Waals surface area contributed by atoms with Crippen LogP contribution in [0.1, 0.15) is 54.8 Å². The first-order chi connectivity index (χ1) is 12.6. The van der Waals surface area contributed by atoms with Gasteiger partial charge in [0.15, 0.2) is 11.5 Å². The molecule has 4 heteroatoms. The molecule has 26 heavy (non-hydrogen) atoms. The average molecular weight is 412 g/mol. The van der Waals surface area contributed by atoms with Gasteiger partial charge in [-0.25, -0.2) is 0 Å². The number of nitrogens with one attached hydrogen (secondary N) is 1. The summed E-state index contributed by atoms with van der Waals surface area (Å²) >= 11 is 3.76. The zero-order valence-corrected chi connectivity index (χ0v) is 16.5. The minimum atomic E-state index is 0.247. The van der Waals surface area contributed by atoms with Crippen molar-refractivity contribution in [2.45, 2.75) is 38.1 Å². The van der Waals surface area contributed by atoms with Crippen LogP contribution in [0.4, 0.5) is 5.69 Å². The van der Waals surface area contributed by atoms with Gasteiger partial charge in [0.25, 0.3) is 0 Å². The summed E-state index contributed by atoms with van der Waals surface area (Å²) in [4.78, 5) is 0. The molecular weight excluding hydrogens is 390 g/mol. The zero-order chi connectivity index (χ0) is 17.8. The number of rotatable bonds is 2. The molecule has 2 heterocycles. The highest BCUT2D eigenvalue weighted by atomic mass is 79.9.